The van der Waals surface area contributed by atoms with E-state index in [1.54, 1.807) is 18.6 Å². The second-order valence-electron chi connectivity index (χ2n) is 11.9. The fourth-order valence-electron chi connectivity index (χ4n) is 6.14. The molecular weight excluding hydrogens is 550 g/mol. The highest BCUT2D eigenvalue weighted by Crippen LogP contribution is 2.42. The van der Waals surface area contributed by atoms with Gasteiger partial charge in [-0.2, -0.15) is 4.98 Å². The van der Waals surface area contributed by atoms with E-state index in [2.05, 4.69) is 55.3 Å². The molecule has 10 nitrogen and oxygen atoms in total. The van der Waals surface area contributed by atoms with E-state index in [4.69, 9.17) is 4.98 Å². The van der Waals surface area contributed by atoms with Crippen LogP contribution in [0.25, 0.3) is 6.08 Å². The van der Waals surface area contributed by atoms with Crippen LogP contribution in [-0.2, 0) is 0 Å². The summed E-state index contributed by atoms with van der Waals surface area (Å²) in [5.74, 6) is 1.02. The minimum absolute atomic E-state index is 0.00671. The van der Waals surface area contributed by atoms with Gasteiger partial charge in [0.2, 0.25) is 5.95 Å². The van der Waals surface area contributed by atoms with Crippen molar-refractivity contribution < 1.29 is 4.79 Å². The Morgan fingerprint density at radius 1 is 0.977 bits per heavy atom. The van der Waals surface area contributed by atoms with Gasteiger partial charge in [0.25, 0.3) is 0 Å². The maximum Gasteiger partial charge on any atom is 0.229 e. The molecule has 0 spiro atoms. The Hall–Kier alpha value is -5.22. The van der Waals surface area contributed by atoms with Gasteiger partial charge in [0.15, 0.2) is 5.78 Å². The van der Waals surface area contributed by atoms with E-state index in [9.17, 15) is 4.79 Å². The number of carbonyl (C=O) groups is 1. The van der Waals surface area contributed by atoms with Crippen LogP contribution in [0.4, 0.5) is 34.5 Å². The van der Waals surface area contributed by atoms with Crippen molar-refractivity contribution >= 4 is 46.4 Å². The van der Waals surface area contributed by atoms with Crippen molar-refractivity contribution in [3.05, 3.63) is 108 Å². The topological polar surface area (TPSA) is 119 Å². The van der Waals surface area contributed by atoms with Gasteiger partial charge in [0.1, 0.15) is 11.9 Å². The number of pyridine rings is 1. The number of rotatable bonds is 7. The first-order valence-corrected chi connectivity index (χ1v) is 14.9. The Morgan fingerprint density at radius 2 is 1.80 bits per heavy atom. The zero-order valence-electron chi connectivity index (χ0n) is 24.8. The second kappa shape index (κ2) is 11.1. The maximum absolute atomic E-state index is 14.2. The number of anilines is 6. The molecule has 7 rings (SSSR count). The molecule has 4 aromatic rings. The third-order valence-corrected chi connectivity index (χ3v) is 8.28. The van der Waals surface area contributed by atoms with Gasteiger partial charge in [0, 0.05) is 53.2 Å². The van der Waals surface area contributed by atoms with Gasteiger partial charge in [0.05, 0.1) is 28.8 Å². The van der Waals surface area contributed by atoms with Gasteiger partial charge < -0.3 is 31.5 Å². The van der Waals surface area contributed by atoms with Gasteiger partial charge >= 0.3 is 0 Å². The van der Waals surface area contributed by atoms with Crippen molar-refractivity contribution in [1.29, 1.82) is 0 Å². The van der Waals surface area contributed by atoms with Crippen LogP contribution in [0.2, 0.25) is 0 Å². The zero-order chi connectivity index (χ0) is 30.3. The molecule has 0 bridgehead atoms. The number of carbonyl (C=O) groups excluding carboxylic acids is 1. The number of para-hydroxylation sites is 1. The number of ketones is 1. The van der Waals surface area contributed by atoms with E-state index in [0.29, 0.717) is 29.1 Å². The average Bonchev–Trinajstić information content (AvgIpc) is 3.53. The van der Waals surface area contributed by atoms with Crippen LogP contribution in [0, 0.1) is 0 Å². The summed E-state index contributed by atoms with van der Waals surface area (Å²) >= 11 is 0. The number of hydrogen-bond acceptors (Lipinski definition) is 10. The Morgan fingerprint density at radius 3 is 2.57 bits per heavy atom. The summed E-state index contributed by atoms with van der Waals surface area (Å²) in [4.78, 5) is 30.0. The van der Waals surface area contributed by atoms with Crippen molar-refractivity contribution in [3.63, 3.8) is 0 Å². The number of Topliss-reactive ketones (excluding diaryl/α,β-unsaturated/α-hetero) is 1. The number of nitrogens with one attached hydrogen (secondary N) is 5. The van der Waals surface area contributed by atoms with Crippen molar-refractivity contribution in [3.8, 4) is 0 Å². The molecule has 222 valence electrons. The largest absolute Gasteiger partial charge is 0.381 e. The van der Waals surface area contributed by atoms with Crippen LogP contribution in [0.5, 0.6) is 0 Å². The van der Waals surface area contributed by atoms with Crippen LogP contribution in [0.3, 0.4) is 0 Å². The fraction of sp³-hybridized carbons (Fsp3) is 0.235. The molecule has 3 aliphatic rings. The Balaban J connectivity index is 1.24. The van der Waals surface area contributed by atoms with E-state index in [-0.39, 0.29) is 5.78 Å². The quantitative estimate of drug-likeness (QED) is 0.187. The van der Waals surface area contributed by atoms with Crippen molar-refractivity contribution in [1.82, 2.24) is 20.3 Å². The monoisotopic (exact) mass is 585 g/mol. The molecule has 0 radical (unpaired) electrons. The molecule has 2 aromatic carbocycles. The molecule has 44 heavy (non-hydrogen) atoms. The molecule has 0 saturated carbocycles. The highest BCUT2D eigenvalue weighted by atomic mass is 16.1. The van der Waals surface area contributed by atoms with Crippen LogP contribution < -0.4 is 31.5 Å². The number of hydrogen-bond donors (Lipinski definition) is 5. The molecule has 5 N–H and O–H groups in total. The molecule has 0 aliphatic carbocycles. The Labute approximate surface area is 256 Å². The summed E-state index contributed by atoms with van der Waals surface area (Å²) in [6.45, 7) is 10.5. The minimum Gasteiger partial charge on any atom is -0.381 e. The van der Waals surface area contributed by atoms with E-state index < -0.39 is 11.6 Å². The molecule has 2 atom stereocenters. The summed E-state index contributed by atoms with van der Waals surface area (Å²) < 4.78 is 0. The van der Waals surface area contributed by atoms with Gasteiger partial charge in [-0.15, -0.1) is 0 Å². The summed E-state index contributed by atoms with van der Waals surface area (Å²) in [6.07, 6.45) is 8.32. The summed E-state index contributed by atoms with van der Waals surface area (Å²) in [6, 6.07) is 19.3. The molecule has 3 aliphatic heterocycles. The first-order chi connectivity index (χ1) is 21.4. The van der Waals surface area contributed by atoms with Gasteiger partial charge in [-0.25, -0.2) is 4.98 Å². The third kappa shape index (κ3) is 5.24. The lowest BCUT2D eigenvalue weighted by molar-refractivity contribution is 0.0926. The van der Waals surface area contributed by atoms with E-state index >= 15 is 0 Å². The standard InChI is InChI=1S/C34H35N9O/c1-21-29(39-25-7-6-15-35-19-25)17-22-18-37-33(40-24-12-10-23(11-13-24)38-26-14-16-36-20-26)41-32(22)43(21)31-30(44)27-8-4-5-9-28(27)42-34(31,2)3/h4-13,15,17-19,26,31,36,38-39,42H,1,14,16,20H2,2-3H3,(H,37,40,41). The smallest absolute Gasteiger partial charge is 0.229 e. The number of aromatic nitrogens is 3. The first-order valence-electron chi connectivity index (χ1n) is 14.9. The van der Waals surface area contributed by atoms with Gasteiger partial charge in [-0.05, 0) is 81.4 Å². The normalized spacial score (nSPS) is 20.2. The zero-order valence-corrected chi connectivity index (χ0v) is 24.8. The maximum atomic E-state index is 14.2. The summed E-state index contributed by atoms with van der Waals surface area (Å²) in [7, 11) is 0. The van der Waals surface area contributed by atoms with E-state index in [1.807, 2.05) is 73.4 Å². The Kier molecular flexibility index (Phi) is 6.98. The highest BCUT2D eigenvalue weighted by molar-refractivity contribution is 6.10. The molecule has 5 heterocycles. The van der Waals surface area contributed by atoms with Crippen molar-refractivity contribution in [2.24, 2.45) is 0 Å². The van der Waals surface area contributed by atoms with Crippen LogP contribution >= 0.6 is 0 Å². The molecule has 1 saturated heterocycles. The SMILES string of the molecule is C=C1C(Nc2cccnc2)=Cc2cnc(Nc3ccc(NC4CCNC4)cc3)nc2N1C1C(=O)c2ccccc2NC1(C)C. The summed E-state index contributed by atoms with van der Waals surface area (Å²) in [5, 5.41) is 17.3. The predicted molar refractivity (Wildman–Crippen MR) is 176 cm³/mol. The lowest BCUT2D eigenvalue weighted by atomic mass is 9.81. The number of fused-ring (bicyclic) bond motifs is 2. The highest BCUT2D eigenvalue weighted by Gasteiger charge is 2.47. The Bertz CT molecular complexity index is 1740. The number of benzene rings is 2. The van der Waals surface area contributed by atoms with E-state index in [1.165, 1.54) is 0 Å². The summed E-state index contributed by atoms with van der Waals surface area (Å²) in [5.41, 5.74) is 5.66. The molecule has 2 unspecified atom stereocenters. The third-order valence-electron chi connectivity index (χ3n) is 8.28. The lowest BCUT2D eigenvalue weighted by Gasteiger charge is -2.47. The van der Waals surface area contributed by atoms with Crippen LogP contribution in [-0.4, -0.2) is 51.4 Å². The van der Waals surface area contributed by atoms with Crippen molar-refractivity contribution in [2.75, 3.05) is 39.3 Å². The molecule has 0 amide bonds. The number of nitrogens with zero attached hydrogens (tertiary/aromatic N) is 4. The van der Waals surface area contributed by atoms with Crippen molar-refractivity contribution in [2.45, 2.75) is 37.9 Å². The van der Waals surface area contributed by atoms with E-state index in [0.717, 1.165) is 53.5 Å². The van der Waals surface area contributed by atoms with Crippen LogP contribution in [0.1, 0.15) is 36.2 Å². The lowest BCUT2D eigenvalue weighted by Crippen LogP contribution is -2.61. The molecule has 2 aromatic heterocycles. The van der Waals surface area contributed by atoms with Gasteiger partial charge in [-0.3, -0.25) is 9.78 Å². The fourth-order valence-corrected chi connectivity index (χ4v) is 6.14. The molecule has 1 fully saturated rings. The average molecular weight is 586 g/mol. The second-order valence-corrected chi connectivity index (χ2v) is 11.9. The molecule has 10 heteroatoms. The minimum atomic E-state index is -0.654. The first kappa shape index (κ1) is 27.6. The molecular formula is C34H35N9O. The van der Waals surface area contributed by atoms with Gasteiger partial charge in [-0.1, -0.05) is 18.7 Å². The van der Waals surface area contributed by atoms with Crippen LogP contribution in [0.15, 0.2) is 97.2 Å². The predicted octanol–water partition coefficient (Wildman–Crippen LogP) is 5.63.